The number of aliphatic hydroxyl groups excluding tert-OH is 1. The summed E-state index contributed by atoms with van der Waals surface area (Å²) in [4.78, 5) is 31.7. The molecule has 4 bridgehead atoms. The number of carbonyl (C=O) groups is 2. The summed E-state index contributed by atoms with van der Waals surface area (Å²) < 4.78 is 11.2. The SMILES string of the molecule is CCCCCC1C2CCNC(N)=NCSSCCCCCCC(O)CC(OC(C)=O)CCc3cc(c(O)c(OC)c3)CN1C(=O)C2. The van der Waals surface area contributed by atoms with Crippen molar-refractivity contribution in [3.05, 3.63) is 23.3 Å². The molecule has 0 saturated carbocycles. The second-order valence-electron chi connectivity index (χ2n) is 12.5. The number of carbonyl (C=O) groups excluding carboxylic acids is 2. The molecular weight excluding hydrogens is 625 g/mol. The first-order valence-electron chi connectivity index (χ1n) is 17.0. The number of fused-ring (bicyclic) bond motifs is 4. The van der Waals surface area contributed by atoms with E-state index in [0.29, 0.717) is 68.3 Å². The number of esters is 1. The number of aliphatic hydroxyl groups is 1. The molecule has 0 radical (unpaired) electrons. The van der Waals surface area contributed by atoms with Gasteiger partial charge in [0.15, 0.2) is 17.5 Å². The highest BCUT2D eigenvalue weighted by atomic mass is 33.1. The molecular formula is C34H56N4O6S2. The fourth-order valence-corrected chi connectivity index (χ4v) is 8.28. The van der Waals surface area contributed by atoms with Gasteiger partial charge in [-0.2, -0.15) is 0 Å². The normalized spacial score (nSPS) is 24.9. The van der Waals surface area contributed by atoms with E-state index in [1.165, 1.54) is 14.0 Å². The number of aryl methyl sites for hydroxylation is 1. The van der Waals surface area contributed by atoms with Gasteiger partial charge < -0.3 is 35.6 Å². The zero-order chi connectivity index (χ0) is 33.3. The maximum Gasteiger partial charge on any atom is 0.302 e. The number of ether oxygens (including phenoxy) is 2. The molecule has 1 aromatic carbocycles. The van der Waals surface area contributed by atoms with Crippen molar-refractivity contribution >= 4 is 39.4 Å². The topological polar surface area (TPSA) is 147 Å². The lowest BCUT2D eigenvalue weighted by atomic mass is 9.92. The Kier molecular flexibility index (Phi) is 17.3. The van der Waals surface area contributed by atoms with E-state index in [1.54, 1.807) is 27.7 Å². The minimum absolute atomic E-state index is 0.0385. The molecule has 5 N–H and O–H groups in total. The van der Waals surface area contributed by atoms with Crippen LogP contribution in [0.25, 0.3) is 0 Å². The van der Waals surface area contributed by atoms with Crippen LogP contribution < -0.4 is 15.8 Å². The van der Waals surface area contributed by atoms with Gasteiger partial charge in [0.2, 0.25) is 5.91 Å². The van der Waals surface area contributed by atoms with Crippen molar-refractivity contribution in [2.24, 2.45) is 16.6 Å². The third kappa shape index (κ3) is 13.1. The minimum Gasteiger partial charge on any atom is -0.504 e. The first kappa shape index (κ1) is 38.1. The van der Waals surface area contributed by atoms with Crippen LogP contribution in [0.5, 0.6) is 11.5 Å². The van der Waals surface area contributed by atoms with Gasteiger partial charge in [0.25, 0.3) is 0 Å². The monoisotopic (exact) mass is 680 g/mol. The Morgan fingerprint density at radius 2 is 1.96 bits per heavy atom. The van der Waals surface area contributed by atoms with Crippen molar-refractivity contribution in [1.29, 1.82) is 0 Å². The highest BCUT2D eigenvalue weighted by Gasteiger charge is 2.39. The third-order valence-electron chi connectivity index (χ3n) is 8.91. The Morgan fingerprint density at radius 1 is 1.15 bits per heavy atom. The summed E-state index contributed by atoms with van der Waals surface area (Å²) in [6.07, 6.45) is 10.8. The quantitative estimate of drug-likeness (QED) is 0.162. The number of guanidine groups is 1. The lowest BCUT2D eigenvalue weighted by Crippen LogP contribution is -2.37. The van der Waals surface area contributed by atoms with E-state index in [0.717, 1.165) is 69.1 Å². The number of aliphatic imine (C=N–C) groups is 1. The second-order valence-corrected chi connectivity index (χ2v) is 15.1. The number of nitrogens with two attached hydrogens (primary N) is 1. The van der Waals surface area contributed by atoms with Crippen molar-refractivity contribution in [2.45, 2.75) is 129 Å². The first-order valence-corrected chi connectivity index (χ1v) is 19.5. The van der Waals surface area contributed by atoms with Gasteiger partial charge >= 0.3 is 5.97 Å². The van der Waals surface area contributed by atoms with E-state index in [2.05, 4.69) is 17.2 Å². The van der Waals surface area contributed by atoms with Crippen LogP contribution in [0.1, 0.15) is 108 Å². The van der Waals surface area contributed by atoms with Crippen molar-refractivity contribution in [2.75, 3.05) is 25.3 Å². The summed E-state index contributed by atoms with van der Waals surface area (Å²) in [6, 6.07) is 3.80. The Labute approximate surface area is 283 Å². The smallest absolute Gasteiger partial charge is 0.302 e. The first-order chi connectivity index (χ1) is 22.2. The molecule has 46 heavy (non-hydrogen) atoms. The highest BCUT2D eigenvalue weighted by molar-refractivity contribution is 8.76. The fraction of sp³-hybridized carbons (Fsp3) is 0.735. The van der Waals surface area contributed by atoms with Gasteiger partial charge in [0.05, 0.1) is 19.1 Å². The van der Waals surface area contributed by atoms with E-state index < -0.39 is 12.2 Å². The van der Waals surface area contributed by atoms with E-state index in [1.807, 2.05) is 11.0 Å². The molecule has 2 aliphatic rings. The Bertz CT molecular complexity index is 1120. The summed E-state index contributed by atoms with van der Waals surface area (Å²) in [5, 5.41) is 25.1. The molecule has 2 aliphatic heterocycles. The van der Waals surface area contributed by atoms with Crippen molar-refractivity contribution in [1.82, 2.24) is 10.2 Å². The number of amides is 1. The van der Waals surface area contributed by atoms with E-state index in [9.17, 15) is 19.8 Å². The zero-order valence-electron chi connectivity index (χ0n) is 28.0. The van der Waals surface area contributed by atoms with Crippen molar-refractivity contribution < 1.29 is 29.3 Å². The van der Waals surface area contributed by atoms with Crippen molar-refractivity contribution in [3.63, 3.8) is 0 Å². The van der Waals surface area contributed by atoms with Crippen molar-refractivity contribution in [3.8, 4) is 11.5 Å². The van der Waals surface area contributed by atoms with E-state index in [-0.39, 0.29) is 29.6 Å². The zero-order valence-corrected chi connectivity index (χ0v) is 29.6. The average molecular weight is 681 g/mol. The lowest BCUT2D eigenvalue weighted by Gasteiger charge is -2.29. The van der Waals surface area contributed by atoms with Gasteiger partial charge in [-0.05, 0) is 56.1 Å². The molecule has 2 heterocycles. The largest absolute Gasteiger partial charge is 0.504 e. The number of rotatable bonds is 6. The second kappa shape index (κ2) is 20.8. The number of benzene rings is 1. The molecule has 1 aromatic rings. The Morgan fingerprint density at radius 3 is 2.72 bits per heavy atom. The van der Waals surface area contributed by atoms with Gasteiger partial charge in [0.1, 0.15) is 6.10 Å². The Balaban J connectivity index is 1.83. The number of phenolic OH excluding ortho intramolecular Hbond substituents is 1. The van der Waals surface area contributed by atoms with Gasteiger partial charge in [-0.25, -0.2) is 4.99 Å². The predicted molar refractivity (Wildman–Crippen MR) is 188 cm³/mol. The van der Waals surface area contributed by atoms with Gasteiger partial charge in [-0.15, -0.1) is 0 Å². The summed E-state index contributed by atoms with van der Waals surface area (Å²) in [5.74, 6) is 2.35. The molecule has 0 aromatic heterocycles. The molecule has 12 heteroatoms. The molecule has 3 rings (SSSR count). The number of hydrogen-bond donors (Lipinski definition) is 4. The molecule has 0 spiro atoms. The molecule has 4 unspecified atom stereocenters. The molecule has 0 aliphatic carbocycles. The summed E-state index contributed by atoms with van der Waals surface area (Å²) in [6.45, 7) is 4.51. The van der Waals surface area contributed by atoms with Gasteiger partial charge in [-0.1, -0.05) is 73.1 Å². The predicted octanol–water partition coefficient (Wildman–Crippen LogP) is 5.91. The average Bonchev–Trinajstić information content (AvgIpc) is 3.30. The van der Waals surface area contributed by atoms with E-state index >= 15 is 0 Å². The highest BCUT2D eigenvalue weighted by Crippen LogP contribution is 2.38. The molecule has 260 valence electrons. The molecule has 10 nitrogen and oxygen atoms in total. The summed E-state index contributed by atoms with van der Waals surface area (Å²) in [5.41, 5.74) is 7.70. The molecule has 1 amide bonds. The van der Waals surface area contributed by atoms with Crippen LogP contribution in [0.15, 0.2) is 17.1 Å². The summed E-state index contributed by atoms with van der Waals surface area (Å²) in [7, 11) is 5.01. The number of methoxy groups -OCH3 is 1. The van der Waals surface area contributed by atoms with Crippen LogP contribution in [0.2, 0.25) is 0 Å². The van der Waals surface area contributed by atoms with Crippen LogP contribution in [-0.4, -0.2) is 76.5 Å². The number of nitrogens with zero attached hydrogens (tertiary/aromatic N) is 2. The number of aromatic hydroxyl groups is 1. The summed E-state index contributed by atoms with van der Waals surface area (Å²) >= 11 is 0. The fourth-order valence-electron chi connectivity index (χ4n) is 6.48. The van der Waals surface area contributed by atoms with Gasteiger partial charge in [-0.3, -0.25) is 9.59 Å². The van der Waals surface area contributed by atoms with Crippen LogP contribution >= 0.6 is 21.6 Å². The Hall–Kier alpha value is -2.31. The number of unbranched alkanes of at least 4 members (excludes halogenated alkanes) is 2. The minimum atomic E-state index is -0.548. The number of hydrogen-bond acceptors (Lipinski definition) is 11. The van der Waals surface area contributed by atoms with E-state index in [4.69, 9.17) is 15.2 Å². The van der Waals surface area contributed by atoms with Crippen LogP contribution in [0.3, 0.4) is 0 Å². The number of nitrogens with one attached hydrogen (secondary N) is 1. The number of phenols is 1. The van der Waals surface area contributed by atoms with Gasteiger partial charge in [0, 0.05) is 50.2 Å². The molecule has 1 saturated heterocycles. The molecule has 4 atom stereocenters. The maximum atomic E-state index is 13.5. The van der Waals surface area contributed by atoms with Crippen LogP contribution in [-0.2, 0) is 27.3 Å². The lowest BCUT2D eigenvalue weighted by molar-refractivity contribution is -0.148. The third-order valence-corrected chi connectivity index (χ3v) is 11.1. The molecule has 1 fully saturated rings. The van der Waals surface area contributed by atoms with Crippen LogP contribution in [0, 0.1) is 5.92 Å². The standard InChI is InChI=1S/C34H56N4O6S2/c1-4-5-8-12-30-26-15-16-36-34(35)37-23-46-45-17-10-7-6-9-11-28(40)21-29(44-24(2)39)14-13-25-18-27(22-38(30)32(41)20-26)33(42)31(19-25)43-3/h18-19,26,28-30,40,42H,4-17,20-23H2,1-3H3,(H3,35,36,37). The van der Waals surface area contributed by atoms with Crippen LogP contribution in [0.4, 0.5) is 0 Å². The maximum absolute atomic E-state index is 13.5.